The fourth-order valence-corrected chi connectivity index (χ4v) is 4.73. The molecule has 0 bridgehead atoms. The van der Waals surface area contributed by atoms with Crippen molar-refractivity contribution in [3.8, 4) is 0 Å². The van der Waals surface area contributed by atoms with Crippen LogP contribution in [-0.2, 0) is 4.74 Å². The molecule has 1 saturated heterocycles. The average molecular weight is 497 g/mol. The van der Waals surface area contributed by atoms with Crippen LogP contribution in [0.5, 0.6) is 0 Å². The highest BCUT2D eigenvalue weighted by Gasteiger charge is 2.15. The summed E-state index contributed by atoms with van der Waals surface area (Å²) in [6, 6.07) is 4.11. The van der Waals surface area contributed by atoms with Crippen molar-refractivity contribution in [3.63, 3.8) is 0 Å². The lowest BCUT2D eigenvalue weighted by atomic mass is 10.1. The van der Waals surface area contributed by atoms with Gasteiger partial charge in [0, 0.05) is 25.3 Å². The number of hydrogen-bond donors (Lipinski definition) is 3. The molecule has 2 aromatic heterocycles. The van der Waals surface area contributed by atoms with E-state index in [9.17, 15) is 4.79 Å². The van der Waals surface area contributed by atoms with E-state index in [1.54, 1.807) is 6.20 Å². The van der Waals surface area contributed by atoms with Crippen LogP contribution < -0.4 is 16.0 Å². The lowest BCUT2D eigenvalue weighted by Gasteiger charge is -2.26. The predicted octanol–water partition coefficient (Wildman–Crippen LogP) is 3.69. The maximum Gasteiger partial charge on any atom is 0.267 e. The van der Waals surface area contributed by atoms with E-state index in [0.717, 1.165) is 62.6 Å². The number of hydrogen-bond acceptors (Lipinski definition) is 10. The molecule has 1 aromatic carbocycles. The Hall–Kier alpha value is -3.15. The molecule has 0 spiro atoms. The minimum absolute atomic E-state index is 0.194. The van der Waals surface area contributed by atoms with Gasteiger partial charge < -0.3 is 15.4 Å². The summed E-state index contributed by atoms with van der Waals surface area (Å²) in [5, 5.41) is 9.92. The Morgan fingerprint density at radius 2 is 1.77 bits per heavy atom. The number of nitrogens with one attached hydrogen (secondary N) is 3. The van der Waals surface area contributed by atoms with Crippen LogP contribution in [0.4, 0.5) is 22.7 Å². The molecule has 0 aliphatic carbocycles. The van der Waals surface area contributed by atoms with Gasteiger partial charge >= 0.3 is 0 Å². The minimum Gasteiger partial charge on any atom is -0.379 e. The molecule has 3 aromatic rings. The summed E-state index contributed by atoms with van der Waals surface area (Å²) in [5.41, 5.74) is 4.07. The van der Waals surface area contributed by atoms with Gasteiger partial charge in [0.15, 0.2) is 5.13 Å². The third-order valence-corrected chi connectivity index (χ3v) is 6.56. The number of anilines is 4. The van der Waals surface area contributed by atoms with E-state index in [-0.39, 0.29) is 5.91 Å². The monoisotopic (exact) mass is 496 g/mol. The van der Waals surface area contributed by atoms with E-state index in [1.807, 2.05) is 27.7 Å². The van der Waals surface area contributed by atoms with E-state index < -0.39 is 0 Å². The third kappa shape index (κ3) is 6.93. The van der Waals surface area contributed by atoms with E-state index in [0.29, 0.717) is 27.7 Å². The summed E-state index contributed by atoms with van der Waals surface area (Å²) >= 11 is 1.25. The van der Waals surface area contributed by atoms with Crippen LogP contribution in [0.1, 0.15) is 38.6 Å². The fourth-order valence-electron chi connectivity index (χ4n) is 4.03. The maximum atomic E-state index is 12.8. The molecule has 1 amide bonds. The normalized spacial score (nSPS) is 14.1. The van der Waals surface area contributed by atoms with Crippen LogP contribution in [0.15, 0.2) is 18.3 Å². The Bertz CT molecular complexity index is 1150. The van der Waals surface area contributed by atoms with Crippen molar-refractivity contribution in [2.75, 3.05) is 55.3 Å². The van der Waals surface area contributed by atoms with Gasteiger partial charge in [-0.15, -0.1) is 0 Å². The molecular formula is C24H32N8O2S. The molecule has 0 saturated carbocycles. The second kappa shape index (κ2) is 11.5. The summed E-state index contributed by atoms with van der Waals surface area (Å²) in [5.74, 6) is 1.31. The quantitative estimate of drug-likeness (QED) is 0.381. The molecule has 4 rings (SSSR count). The number of morpholine rings is 1. The Balaban J connectivity index is 1.33. The van der Waals surface area contributed by atoms with Gasteiger partial charge in [-0.25, -0.2) is 4.98 Å². The molecular weight excluding hydrogens is 464 g/mol. The van der Waals surface area contributed by atoms with Crippen LogP contribution >= 0.6 is 11.3 Å². The van der Waals surface area contributed by atoms with Crippen LogP contribution in [0.25, 0.3) is 0 Å². The first kappa shape index (κ1) is 25.0. The molecule has 1 fully saturated rings. The topological polar surface area (TPSA) is 117 Å². The van der Waals surface area contributed by atoms with Crippen LogP contribution in [0, 0.1) is 27.7 Å². The zero-order valence-electron chi connectivity index (χ0n) is 20.6. The molecule has 1 aliphatic rings. The smallest absolute Gasteiger partial charge is 0.267 e. The van der Waals surface area contributed by atoms with Crippen molar-refractivity contribution in [2.45, 2.75) is 34.1 Å². The zero-order chi connectivity index (χ0) is 24.8. The lowest BCUT2D eigenvalue weighted by Crippen LogP contribution is -2.37. The van der Waals surface area contributed by atoms with Crippen molar-refractivity contribution in [1.29, 1.82) is 0 Å². The zero-order valence-corrected chi connectivity index (χ0v) is 21.5. The summed E-state index contributed by atoms with van der Waals surface area (Å²) < 4.78 is 5.39. The molecule has 0 atom stereocenters. The Labute approximate surface area is 209 Å². The number of carbonyl (C=O) groups excluding carboxylic acids is 1. The highest BCUT2D eigenvalue weighted by Crippen LogP contribution is 2.25. The van der Waals surface area contributed by atoms with Gasteiger partial charge in [-0.1, -0.05) is 29.0 Å². The largest absolute Gasteiger partial charge is 0.379 e. The Morgan fingerprint density at radius 3 is 2.51 bits per heavy atom. The standard InChI is InChI=1S/C24H32N8O2S/c1-15-12-16(2)20(17(3)13-15)29-21(33)19-14-26-24(35-19)31-23-28-18(4)27-22(30-23)25-6-5-7-32-8-10-34-11-9-32/h12-14H,5-11H2,1-4H3,(H,29,33)(H2,25,26,27,28,30,31). The molecule has 0 unspecified atom stereocenters. The Kier molecular flexibility index (Phi) is 8.21. The third-order valence-electron chi connectivity index (χ3n) is 5.65. The molecule has 10 nitrogen and oxygen atoms in total. The molecule has 0 radical (unpaired) electrons. The SMILES string of the molecule is Cc1cc(C)c(NC(=O)c2cnc(Nc3nc(C)nc(NCCCN4CCOCC4)n3)s2)c(C)c1. The van der Waals surface area contributed by atoms with Gasteiger partial charge in [-0.05, 0) is 51.8 Å². The first-order valence-corrected chi connectivity index (χ1v) is 12.6. The van der Waals surface area contributed by atoms with E-state index in [2.05, 4.69) is 52.9 Å². The van der Waals surface area contributed by atoms with Crippen LogP contribution in [-0.4, -0.2) is 70.1 Å². The summed E-state index contributed by atoms with van der Waals surface area (Å²) in [7, 11) is 0. The first-order chi connectivity index (χ1) is 16.9. The van der Waals surface area contributed by atoms with Gasteiger partial charge in [-0.3, -0.25) is 15.0 Å². The van der Waals surface area contributed by atoms with Gasteiger partial charge in [0.2, 0.25) is 11.9 Å². The summed E-state index contributed by atoms with van der Waals surface area (Å²) in [4.78, 5) is 33.2. The van der Waals surface area contributed by atoms with Gasteiger partial charge in [0.1, 0.15) is 10.7 Å². The maximum absolute atomic E-state index is 12.8. The van der Waals surface area contributed by atoms with Crippen molar-refractivity contribution in [1.82, 2.24) is 24.8 Å². The van der Waals surface area contributed by atoms with Crippen molar-refractivity contribution >= 4 is 40.0 Å². The van der Waals surface area contributed by atoms with E-state index in [1.165, 1.54) is 16.9 Å². The highest BCUT2D eigenvalue weighted by molar-refractivity contribution is 7.17. The van der Waals surface area contributed by atoms with Crippen molar-refractivity contribution in [3.05, 3.63) is 45.7 Å². The number of amides is 1. The van der Waals surface area contributed by atoms with Gasteiger partial charge in [-0.2, -0.15) is 15.0 Å². The number of benzene rings is 1. The number of rotatable bonds is 9. The number of ether oxygens (including phenoxy) is 1. The molecule has 11 heteroatoms. The summed E-state index contributed by atoms with van der Waals surface area (Å²) in [6.07, 6.45) is 2.54. The lowest BCUT2D eigenvalue weighted by molar-refractivity contribution is 0.0378. The highest BCUT2D eigenvalue weighted by atomic mass is 32.1. The molecule has 35 heavy (non-hydrogen) atoms. The molecule has 186 valence electrons. The second-order valence-corrected chi connectivity index (χ2v) is 9.68. The van der Waals surface area contributed by atoms with Crippen LogP contribution in [0.3, 0.4) is 0 Å². The second-order valence-electron chi connectivity index (χ2n) is 8.65. The van der Waals surface area contributed by atoms with Crippen LogP contribution in [0.2, 0.25) is 0 Å². The number of aryl methyl sites for hydroxylation is 4. The van der Waals surface area contributed by atoms with Gasteiger partial charge in [0.05, 0.1) is 19.4 Å². The minimum atomic E-state index is -0.194. The van der Waals surface area contributed by atoms with Crippen molar-refractivity contribution < 1.29 is 9.53 Å². The summed E-state index contributed by atoms with van der Waals surface area (Å²) in [6.45, 7) is 13.2. The molecule has 1 aliphatic heterocycles. The average Bonchev–Trinajstić information content (AvgIpc) is 3.28. The predicted molar refractivity (Wildman–Crippen MR) is 139 cm³/mol. The number of carbonyl (C=O) groups is 1. The molecule has 3 N–H and O–H groups in total. The van der Waals surface area contributed by atoms with E-state index >= 15 is 0 Å². The number of aromatic nitrogens is 4. The number of nitrogens with zero attached hydrogens (tertiary/aromatic N) is 5. The fraction of sp³-hybridized carbons (Fsp3) is 0.458. The van der Waals surface area contributed by atoms with Gasteiger partial charge in [0.25, 0.3) is 5.91 Å². The van der Waals surface area contributed by atoms with E-state index in [4.69, 9.17) is 4.74 Å². The molecule has 3 heterocycles. The Morgan fingerprint density at radius 1 is 1.06 bits per heavy atom. The first-order valence-electron chi connectivity index (χ1n) is 11.8. The van der Waals surface area contributed by atoms with Crippen molar-refractivity contribution in [2.24, 2.45) is 0 Å². The number of thiazole rings is 1.